The van der Waals surface area contributed by atoms with Crippen molar-refractivity contribution >= 4 is 17.8 Å². The van der Waals surface area contributed by atoms with Gasteiger partial charge in [-0.15, -0.1) is 0 Å². The van der Waals surface area contributed by atoms with Crippen molar-refractivity contribution < 1.29 is 19.5 Å². The van der Waals surface area contributed by atoms with Crippen LogP contribution in [0.2, 0.25) is 0 Å². The molecule has 0 aliphatic rings. The third kappa shape index (κ3) is 11.9. The summed E-state index contributed by atoms with van der Waals surface area (Å²) in [6.45, 7) is 4.91. The second-order valence-electron chi connectivity index (χ2n) is 4.88. The average Bonchev–Trinajstić information content (AvgIpc) is 2.40. The third-order valence-electron chi connectivity index (χ3n) is 2.95. The SMILES string of the molecule is CCNC(CCCCCNC(C)=O)C(=O)NCCC(=O)O. The Hall–Kier alpha value is -1.63. The Kier molecular flexibility index (Phi) is 11.2. The molecule has 0 aromatic rings. The van der Waals surface area contributed by atoms with Crippen LogP contribution in [0.3, 0.4) is 0 Å². The van der Waals surface area contributed by atoms with Gasteiger partial charge in [0.1, 0.15) is 0 Å². The van der Waals surface area contributed by atoms with Gasteiger partial charge in [0.05, 0.1) is 12.5 Å². The molecule has 0 aromatic carbocycles. The van der Waals surface area contributed by atoms with E-state index in [1.54, 1.807) is 0 Å². The Morgan fingerprint density at radius 3 is 2.33 bits per heavy atom. The van der Waals surface area contributed by atoms with Crippen molar-refractivity contribution in [3.63, 3.8) is 0 Å². The highest BCUT2D eigenvalue weighted by Gasteiger charge is 2.16. The van der Waals surface area contributed by atoms with Crippen molar-refractivity contribution in [2.24, 2.45) is 0 Å². The van der Waals surface area contributed by atoms with Crippen molar-refractivity contribution in [3.05, 3.63) is 0 Å². The minimum atomic E-state index is -0.923. The van der Waals surface area contributed by atoms with Gasteiger partial charge in [0.15, 0.2) is 0 Å². The molecule has 0 aliphatic heterocycles. The number of likely N-dealkylation sites (N-methyl/N-ethyl adjacent to an activating group) is 1. The van der Waals surface area contributed by atoms with Gasteiger partial charge < -0.3 is 21.1 Å². The molecule has 122 valence electrons. The zero-order chi connectivity index (χ0) is 16.1. The maximum atomic E-state index is 11.9. The molecule has 1 unspecified atom stereocenters. The Labute approximate surface area is 125 Å². The minimum absolute atomic E-state index is 0.0293. The van der Waals surface area contributed by atoms with Crippen molar-refractivity contribution in [1.82, 2.24) is 16.0 Å². The Bertz CT molecular complexity index is 334. The van der Waals surface area contributed by atoms with Gasteiger partial charge in [-0.25, -0.2) is 0 Å². The fourth-order valence-electron chi connectivity index (χ4n) is 1.90. The van der Waals surface area contributed by atoms with Crippen LogP contribution in [0.4, 0.5) is 0 Å². The highest BCUT2D eigenvalue weighted by atomic mass is 16.4. The highest BCUT2D eigenvalue weighted by molar-refractivity contribution is 5.82. The van der Waals surface area contributed by atoms with Crippen LogP contribution in [0, 0.1) is 0 Å². The van der Waals surface area contributed by atoms with E-state index in [1.165, 1.54) is 6.92 Å². The van der Waals surface area contributed by atoms with E-state index in [1.807, 2.05) is 6.92 Å². The lowest BCUT2D eigenvalue weighted by atomic mass is 10.1. The van der Waals surface area contributed by atoms with Gasteiger partial charge in [-0.2, -0.15) is 0 Å². The zero-order valence-corrected chi connectivity index (χ0v) is 12.9. The van der Waals surface area contributed by atoms with Gasteiger partial charge >= 0.3 is 5.97 Å². The van der Waals surface area contributed by atoms with E-state index >= 15 is 0 Å². The molecule has 2 amide bonds. The number of carbonyl (C=O) groups is 3. The van der Waals surface area contributed by atoms with Gasteiger partial charge in [-0.05, 0) is 19.4 Å². The molecule has 0 heterocycles. The molecule has 4 N–H and O–H groups in total. The summed E-state index contributed by atoms with van der Waals surface area (Å²) in [5.41, 5.74) is 0. The maximum absolute atomic E-state index is 11.9. The molecule has 0 bridgehead atoms. The summed E-state index contributed by atoms with van der Waals surface area (Å²) in [4.78, 5) is 33.0. The second kappa shape index (κ2) is 12.1. The molecular weight excluding hydrogens is 274 g/mol. The van der Waals surface area contributed by atoms with Crippen molar-refractivity contribution in [1.29, 1.82) is 0 Å². The lowest BCUT2D eigenvalue weighted by Gasteiger charge is -2.17. The molecule has 0 aliphatic carbocycles. The summed E-state index contributed by atoms with van der Waals surface area (Å²) in [6.07, 6.45) is 3.33. The first-order valence-electron chi connectivity index (χ1n) is 7.44. The van der Waals surface area contributed by atoms with Crippen LogP contribution in [0.15, 0.2) is 0 Å². The fraction of sp³-hybridized carbons (Fsp3) is 0.786. The third-order valence-corrected chi connectivity index (χ3v) is 2.95. The van der Waals surface area contributed by atoms with Gasteiger partial charge in [0.2, 0.25) is 11.8 Å². The Morgan fingerprint density at radius 1 is 1.05 bits per heavy atom. The standard InChI is InChI=1S/C14H27N3O4/c1-3-15-12(14(21)17-10-8-13(19)20)7-5-4-6-9-16-11(2)18/h12,15H,3-10H2,1-2H3,(H,16,18)(H,17,21)(H,19,20). The number of carboxylic acids is 1. The van der Waals surface area contributed by atoms with Crippen molar-refractivity contribution in [3.8, 4) is 0 Å². The predicted octanol–water partition coefficient (Wildman–Crippen LogP) is 0.252. The number of aliphatic carboxylic acids is 1. The van der Waals surface area contributed by atoms with E-state index in [9.17, 15) is 14.4 Å². The summed E-state index contributed by atoms with van der Waals surface area (Å²) < 4.78 is 0. The first-order chi connectivity index (χ1) is 9.97. The van der Waals surface area contributed by atoms with E-state index in [0.717, 1.165) is 19.3 Å². The lowest BCUT2D eigenvalue weighted by molar-refractivity contribution is -0.137. The normalized spacial score (nSPS) is 11.7. The summed E-state index contributed by atoms with van der Waals surface area (Å²) in [7, 11) is 0. The molecule has 21 heavy (non-hydrogen) atoms. The van der Waals surface area contributed by atoms with Crippen LogP contribution >= 0.6 is 0 Å². The summed E-state index contributed by atoms with van der Waals surface area (Å²) in [5, 5.41) is 17.0. The molecule has 1 atom stereocenters. The first-order valence-corrected chi connectivity index (χ1v) is 7.44. The van der Waals surface area contributed by atoms with E-state index in [-0.39, 0.29) is 30.8 Å². The van der Waals surface area contributed by atoms with Gasteiger partial charge in [-0.3, -0.25) is 14.4 Å². The smallest absolute Gasteiger partial charge is 0.305 e. The first kappa shape index (κ1) is 19.4. The topological polar surface area (TPSA) is 108 Å². The molecule has 0 radical (unpaired) electrons. The van der Waals surface area contributed by atoms with Crippen LogP contribution < -0.4 is 16.0 Å². The highest BCUT2D eigenvalue weighted by Crippen LogP contribution is 2.04. The summed E-state index contributed by atoms with van der Waals surface area (Å²) >= 11 is 0. The minimum Gasteiger partial charge on any atom is -0.481 e. The Balaban J connectivity index is 3.86. The number of unbranched alkanes of at least 4 members (excludes halogenated alkanes) is 2. The van der Waals surface area contributed by atoms with Crippen LogP contribution in [0.5, 0.6) is 0 Å². The number of amides is 2. The van der Waals surface area contributed by atoms with E-state index in [4.69, 9.17) is 5.11 Å². The average molecular weight is 301 g/mol. The van der Waals surface area contributed by atoms with Crippen LogP contribution in [0.1, 0.15) is 46.0 Å². The van der Waals surface area contributed by atoms with E-state index in [2.05, 4.69) is 16.0 Å². The molecule has 0 spiro atoms. The van der Waals surface area contributed by atoms with Gasteiger partial charge in [0, 0.05) is 20.0 Å². The summed E-state index contributed by atoms with van der Waals surface area (Å²) in [6, 6.07) is -0.287. The monoisotopic (exact) mass is 301 g/mol. The predicted molar refractivity (Wildman–Crippen MR) is 79.9 cm³/mol. The van der Waals surface area contributed by atoms with Crippen molar-refractivity contribution in [2.45, 2.75) is 52.0 Å². The van der Waals surface area contributed by atoms with Crippen LogP contribution in [-0.2, 0) is 14.4 Å². The molecule has 0 saturated carbocycles. The summed E-state index contributed by atoms with van der Waals surface area (Å²) in [5.74, 6) is -1.11. The number of hydrogen-bond donors (Lipinski definition) is 4. The largest absolute Gasteiger partial charge is 0.481 e. The van der Waals surface area contributed by atoms with E-state index < -0.39 is 5.97 Å². The van der Waals surface area contributed by atoms with Gasteiger partial charge in [-0.1, -0.05) is 19.8 Å². The molecule has 0 saturated heterocycles. The molecule has 0 fully saturated rings. The number of hydrogen-bond acceptors (Lipinski definition) is 4. The molecule has 0 aromatic heterocycles. The molecule has 7 nitrogen and oxygen atoms in total. The van der Waals surface area contributed by atoms with Crippen LogP contribution in [-0.4, -0.2) is 48.6 Å². The fourth-order valence-corrected chi connectivity index (χ4v) is 1.90. The Morgan fingerprint density at radius 2 is 1.76 bits per heavy atom. The zero-order valence-electron chi connectivity index (χ0n) is 12.9. The second-order valence-corrected chi connectivity index (χ2v) is 4.88. The number of carboxylic acid groups (broad SMARTS) is 1. The maximum Gasteiger partial charge on any atom is 0.305 e. The van der Waals surface area contributed by atoms with Crippen molar-refractivity contribution in [2.75, 3.05) is 19.6 Å². The molecule has 7 heteroatoms. The lowest BCUT2D eigenvalue weighted by Crippen LogP contribution is -2.44. The van der Waals surface area contributed by atoms with E-state index in [0.29, 0.717) is 19.5 Å². The number of nitrogens with one attached hydrogen (secondary N) is 3. The quantitative estimate of drug-likeness (QED) is 0.387. The van der Waals surface area contributed by atoms with Gasteiger partial charge in [0.25, 0.3) is 0 Å². The molecule has 0 rings (SSSR count). The number of rotatable bonds is 12. The number of carbonyl (C=O) groups excluding carboxylic acids is 2. The molecular formula is C14H27N3O4. The van der Waals surface area contributed by atoms with Crippen LogP contribution in [0.25, 0.3) is 0 Å².